The number of nitrogens with one attached hydrogen (secondary N) is 1. The fourth-order valence-corrected chi connectivity index (χ4v) is 2.87. The van der Waals surface area contributed by atoms with Crippen LogP contribution in [0.15, 0.2) is 0 Å². The van der Waals surface area contributed by atoms with Crippen LogP contribution in [-0.4, -0.2) is 18.3 Å². The van der Waals surface area contributed by atoms with Crippen LogP contribution in [0.2, 0.25) is 0 Å². The van der Waals surface area contributed by atoms with Gasteiger partial charge in [0.2, 0.25) is 0 Å². The normalized spacial score (nSPS) is 27.2. The topological polar surface area (TPSA) is 12.0 Å². The Morgan fingerprint density at radius 1 is 1.17 bits per heavy atom. The molecule has 1 aliphatic carbocycles. The van der Waals surface area contributed by atoms with E-state index in [0.29, 0.717) is 19.3 Å². The maximum absolute atomic E-state index is 12.9. The molecule has 0 radical (unpaired) electrons. The van der Waals surface area contributed by atoms with Crippen molar-refractivity contribution in [3.8, 4) is 0 Å². The summed E-state index contributed by atoms with van der Waals surface area (Å²) >= 11 is 0. The Morgan fingerprint density at radius 3 is 2.44 bits per heavy atom. The molecule has 18 heavy (non-hydrogen) atoms. The number of alkyl halides is 3. The first-order valence-electron chi connectivity index (χ1n) is 7.28. The highest BCUT2D eigenvalue weighted by Gasteiger charge is 2.45. The molecule has 4 heteroatoms. The van der Waals surface area contributed by atoms with E-state index in [0.717, 1.165) is 25.7 Å². The van der Waals surface area contributed by atoms with E-state index in [1.165, 1.54) is 6.42 Å². The van der Waals surface area contributed by atoms with Gasteiger partial charge < -0.3 is 5.32 Å². The van der Waals surface area contributed by atoms with Crippen LogP contribution in [-0.2, 0) is 0 Å². The molecule has 0 aromatic carbocycles. The summed E-state index contributed by atoms with van der Waals surface area (Å²) in [6.07, 6.45) is 2.97. The molecule has 3 unspecified atom stereocenters. The lowest BCUT2D eigenvalue weighted by Crippen LogP contribution is -2.48. The Labute approximate surface area is 109 Å². The van der Waals surface area contributed by atoms with Crippen LogP contribution in [0.25, 0.3) is 0 Å². The van der Waals surface area contributed by atoms with E-state index < -0.39 is 12.1 Å². The van der Waals surface area contributed by atoms with Gasteiger partial charge in [-0.2, -0.15) is 13.2 Å². The van der Waals surface area contributed by atoms with Gasteiger partial charge in [-0.1, -0.05) is 39.0 Å². The SMILES string of the molecule is CCCCCC(C)NC1CCCCC1C(F)(F)F. The molecular weight excluding hydrogens is 239 g/mol. The molecule has 0 amide bonds. The van der Waals surface area contributed by atoms with Crippen LogP contribution in [0.5, 0.6) is 0 Å². The average molecular weight is 265 g/mol. The highest BCUT2D eigenvalue weighted by molar-refractivity contribution is 4.86. The van der Waals surface area contributed by atoms with Crippen LogP contribution >= 0.6 is 0 Å². The van der Waals surface area contributed by atoms with Crippen molar-refractivity contribution in [1.82, 2.24) is 5.32 Å². The summed E-state index contributed by atoms with van der Waals surface area (Å²) in [5.41, 5.74) is 0. The molecule has 108 valence electrons. The number of halogens is 3. The summed E-state index contributed by atoms with van der Waals surface area (Å²) in [5, 5.41) is 3.21. The zero-order chi connectivity index (χ0) is 13.6. The summed E-state index contributed by atoms with van der Waals surface area (Å²) in [5.74, 6) is -1.14. The molecule has 1 saturated carbocycles. The first kappa shape index (κ1) is 15.8. The zero-order valence-electron chi connectivity index (χ0n) is 11.5. The largest absolute Gasteiger partial charge is 0.393 e. The van der Waals surface area contributed by atoms with E-state index in [1.807, 2.05) is 6.92 Å². The second kappa shape index (κ2) is 7.37. The second-order valence-electron chi connectivity index (χ2n) is 5.60. The summed E-state index contributed by atoms with van der Waals surface area (Å²) in [6.45, 7) is 4.15. The van der Waals surface area contributed by atoms with Crippen molar-refractivity contribution in [2.24, 2.45) is 5.92 Å². The van der Waals surface area contributed by atoms with E-state index in [-0.39, 0.29) is 12.1 Å². The standard InChI is InChI=1S/C14H26F3N/c1-3-4-5-8-11(2)18-13-10-7-6-9-12(13)14(15,16)17/h11-13,18H,3-10H2,1-2H3. The number of unbranched alkanes of at least 4 members (excludes halogenated alkanes) is 2. The molecule has 1 fully saturated rings. The van der Waals surface area contributed by atoms with Gasteiger partial charge in [0, 0.05) is 12.1 Å². The first-order valence-corrected chi connectivity index (χ1v) is 7.28. The Bertz CT molecular complexity index is 228. The maximum atomic E-state index is 12.9. The van der Waals surface area contributed by atoms with Crippen LogP contribution in [0.1, 0.15) is 65.2 Å². The fourth-order valence-electron chi connectivity index (χ4n) is 2.87. The van der Waals surface area contributed by atoms with Gasteiger partial charge in [-0.3, -0.25) is 0 Å². The highest BCUT2D eigenvalue weighted by atomic mass is 19.4. The number of hydrogen-bond donors (Lipinski definition) is 1. The van der Waals surface area contributed by atoms with Crippen LogP contribution < -0.4 is 5.32 Å². The van der Waals surface area contributed by atoms with Gasteiger partial charge in [-0.15, -0.1) is 0 Å². The van der Waals surface area contributed by atoms with Gasteiger partial charge in [0.25, 0.3) is 0 Å². The van der Waals surface area contributed by atoms with Gasteiger partial charge in [-0.05, 0) is 26.2 Å². The van der Waals surface area contributed by atoms with E-state index in [9.17, 15) is 13.2 Å². The van der Waals surface area contributed by atoms with Gasteiger partial charge in [0.1, 0.15) is 0 Å². The van der Waals surface area contributed by atoms with Gasteiger partial charge in [-0.25, -0.2) is 0 Å². The molecular formula is C14H26F3N. The molecule has 0 aliphatic heterocycles. The third kappa shape index (κ3) is 5.17. The molecule has 0 aromatic rings. The maximum Gasteiger partial charge on any atom is 0.393 e. The van der Waals surface area contributed by atoms with Crippen LogP contribution in [0, 0.1) is 5.92 Å². The Morgan fingerprint density at radius 2 is 1.83 bits per heavy atom. The second-order valence-corrected chi connectivity index (χ2v) is 5.60. The van der Waals surface area contributed by atoms with Crippen molar-refractivity contribution in [3.05, 3.63) is 0 Å². The number of rotatable bonds is 6. The first-order chi connectivity index (χ1) is 8.45. The monoisotopic (exact) mass is 265 g/mol. The minimum atomic E-state index is -4.04. The van der Waals surface area contributed by atoms with Crippen molar-refractivity contribution >= 4 is 0 Å². The Balaban J connectivity index is 2.41. The molecule has 0 spiro atoms. The lowest BCUT2D eigenvalue weighted by molar-refractivity contribution is -0.189. The Hall–Kier alpha value is -0.250. The zero-order valence-corrected chi connectivity index (χ0v) is 11.5. The van der Waals surface area contributed by atoms with E-state index in [4.69, 9.17) is 0 Å². The molecule has 1 N–H and O–H groups in total. The van der Waals surface area contributed by atoms with E-state index in [1.54, 1.807) is 0 Å². The number of hydrogen-bond acceptors (Lipinski definition) is 1. The molecule has 1 nitrogen and oxygen atoms in total. The highest BCUT2D eigenvalue weighted by Crippen LogP contribution is 2.37. The molecule has 1 rings (SSSR count). The lowest BCUT2D eigenvalue weighted by atomic mass is 9.83. The van der Waals surface area contributed by atoms with Crippen molar-refractivity contribution < 1.29 is 13.2 Å². The van der Waals surface area contributed by atoms with Gasteiger partial charge >= 0.3 is 6.18 Å². The van der Waals surface area contributed by atoms with Crippen LogP contribution in [0.4, 0.5) is 13.2 Å². The fraction of sp³-hybridized carbons (Fsp3) is 1.00. The molecule has 0 aromatic heterocycles. The van der Waals surface area contributed by atoms with E-state index >= 15 is 0 Å². The smallest absolute Gasteiger partial charge is 0.311 e. The minimum absolute atomic E-state index is 0.199. The molecule has 0 bridgehead atoms. The van der Waals surface area contributed by atoms with Crippen molar-refractivity contribution in [1.29, 1.82) is 0 Å². The third-order valence-electron chi connectivity index (χ3n) is 3.93. The molecule has 3 atom stereocenters. The summed E-state index contributed by atoms with van der Waals surface area (Å²) in [6, 6.07) is -0.167. The predicted octanol–water partition coefficient (Wildman–Crippen LogP) is 4.67. The molecule has 0 saturated heterocycles. The lowest BCUT2D eigenvalue weighted by Gasteiger charge is -2.35. The minimum Gasteiger partial charge on any atom is -0.311 e. The third-order valence-corrected chi connectivity index (χ3v) is 3.93. The van der Waals surface area contributed by atoms with Crippen molar-refractivity contribution in [2.45, 2.75) is 83.5 Å². The summed E-state index contributed by atoms with van der Waals surface area (Å²) in [7, 11) is 0. The molecule has 0 heterocycles. The summed E-state index contributed by atoms with van der Waals surface area (Å²) < 4.78 is 38.7. The predicted molar refractivity (Wildman–Crippen MR) is 68.5 cm³/mol. The average Bonchev–Trinajstić information content (AvgIpc) is 2.28. The van der Waals surface area contributed by atoms with Crippen LogP contribution in [0.3, 0.4) is 0 Å². The van der Waals surface area contributed by atoms with Crippen molar-refractivity contribution in [2.75, 3.05) is 0 Å². The van der Waals surface area contributed by atoms with Crippen molar-refractivity contribution in [3.63, 3.8) is 0 Å². The quantitative estimate of drug-likeness (QED) is 0.688. The van der Waals surface area contributed by atoms with Gasteiger partial charge in [0.15, 0.2) is 0 Å². The van der Waals surface area contributed by atoms with E-state index in [2.05, 4.69) is 12.2 Å². The Kier molecular flexibility index (Phi) is 6.47. The van der Waals surface area contributed by atoms with Gasteiger partial charge in [0.05, 0.1) is 5.92 Å². The molecule has 1 aliphatic rings. The summed E-state index contributed by atoms with van der Waals surface area (Å²) in [4.78, 5) is 0.